The Hall–Kier alpha value is -8.10. The molecule has 0 fully saturated rings. The van der Waals surface area contributed by atoms with Crippen LogP contribution in [0.15, 0.2) is 113 Å². The summed E-state index contributed by atoms with van der Waals surface area (Å²) in [5.41, 5.74) is -1.41. The van der Waals surface area contributed by atoms with Crippen molar-refractivity contribution >= 4 is 123 Å². The monoisotopic (exact) mass is 1140 g/mol. The maximum atomic E-state index is 12.8. The van der Waals surface area contributed by atoms with Gasteiger partial charge in [0.1, 0.15) is 39.0 Å². The van der Waals surface area contributed by atoms with E-state index in [9.17, 15) is 64.1 Å². The highest BCUT2D eigenvalue weighted by Gasteiger charge is 2.27. The van der Waals surface area contributed by atoms with Crippen molar-refractivity contribution in [2.75, 3.05) is 12.4 Å². The van der Waals surface area contributed by atoms with Crippen LogP contribution in [0.3, 0.4) is 0 Å². The van der Waals surface area contributed by atoms with Gasteiger partial charge in [-0.25, -0.2) is 9.78 Å². The molecule has 2 aromatic heterocycles. The normalized spacial score (nSPS) is 12.0. The first kappa shape index (κ1) is 56.8. The number of hydrogen-bond donors (Lipinski definition) is 7. The number of azo groups is 3. The highest BCUT2D eigenvalue weighted by molar-refractivity contribution is 7.86. The molecule has 0 bridgehead atoms. The summed E-state index contributed by atoms with van der Waals surface area (Å²) in [6.45, 7) is 2.76. The second-order valence-corrected chi connectivity index (χ2v) is 20.4. The molecule has 74 heavy (non-hydrogen) atoms. The lowest BCUT2D eigenvalue weighted by Crippen LogP contribution is -2.08. The number of para-hydroxylation sites is 1. The van der Waals surface area contributed by atoms with E-state index < -0.39 is 113 Å². The molecule has 0 aliphatic heterocycles. The van der Waals surface area contributed by atoms with Crippen LogP contribution in [-0.4, -0.2) is 118 Å². The van der Waals surface area contributed by atoms with Crippen molar-refractivity contribution in [1.29, 1.82) is 0 Å². The Bertz CT molecular complexity index is 4000. The van der Waals surface area contributed by atoms with Crippen molar-refractivity contribution in [3.8, 4) is 28.8 Å². The molecule has 36 heteroatoms. The van der Waals surface area contributed by atoms with Crippen molar-refractivity contribution < 1.29 is 94.1 Å². The van der Waals surface area contributed by atoms with Crippen LogP contribution in [0.1, 0.15) is 28.0 Å². The van der Waals surface area contributed by atoms with Gasteiger partial charge < -0.3 is 25.2 Å². The molecule has 0 atom stereocenters. The summed E-state index contributed by atoms with van der Waals surface area (Å²) in [7, 11) is -20.7. The number of nitrogens with zero attached hydrogens (tertiary/aromatic N) is 9. The number of rotatable bonds is 15. The smallest absolute Gasteiger partial charge is 0.425 e. The van der Waals surface area contributed by atoms with E-state index in [1.165, 1.54) is 42.5 Å². The Labute approximate surface area is 421 Å². The molecule has 2 heterocycles. The zero-order valence-electron chi connectivity index (χ0n) is 36.9. The molecule has 390 valence electrons. The van der Waals surface area contributed by atoms with Crippen LogP contribution in [0, 0.1) is 13.8 Å². The van der Waals surface area contributed by atoms with Gasteiger partial charge in [-0.05, 0) is 74.4 Å². The quantitative estimate of drug-likeness (QED) is 0.0329. The number of ether oxygens (including phenoxy) is 1. The third kappa shape index (κ3) is 14.5. The zero-order valence-corrected chi connectivity index (χ0v) is 41.8. The van der Waals surface area contributed by atoms with Crippen LogP contribution in [0.4, 0.5) is 33.6 Å². The molecule has 0 saturated heterocycles. The maximum absolute atomic E-state index is 12.8. The largest absolute Gasteiger partial charge is 0.505 e. The number of aromatic hydroxyl groups is 3. The number of hydrogen-bond acceptors (Lipinski definition) is 26. The number of benzene rings is 5. The number of fused-ring (bicyclic) bond motifs is 2. The second-order valence-electron chi connectivity index (χ2n) is 14.3. The molecule has 0 unspecified atom stereocenters. The summed E-state index contributed by atoms with van der Waals surface area (Å²) in [5.74, 6) is -4.96. The number of carbonyl (C=O) groups is 1. The van der Waals surface area contributed by atoms with Crippen molar-refractivity contribution in [2.24, 2.45) is 30.7 Å². The van der Waals surface area contributed by atoms with Crippen LogP contribution < -0.4 is 4.74 Å². The van der Waals surface area contributed by atoms with Gasteiger partial charge >= 0.3 is 27.2 Å². The Kier molecular flexibility index (Phi) is 17.8. The third-order valence-electron chi connectivity index (χ3n) is 9.29. The van der Waals surface area contributed by atoms with E-state index in [0.717, 1.165) is 22.3 Å². The van der Waals surface area contributed by atoms with Crippen LogP contribution in [-0.2, 0) is 51.6 Å². The van der Waals surface area contributed by atoms with Crippen molar-refractivity contribution in [1.82, 2.24) is 14.8 Å². The predicted molar refractivity (Wildman–Crippen MR) is 253 cm³/mol. The molecule has 0 amide bonds. The molecule has 0 radical (unpaired) electrons. The van der Waals surface area contributed by atoms with Gasteiger partial charge in [-0.15, -0.1) is 55.9 Å². The van der Waals surface area contributed by atoms with Gasteiger partial charge in [0.2, 0.25) is 11.0 Å². The molecule has 0 aliphatic carbocycles. The number of phenols is 2. The van der Waals surface area contributed by atoms with Crippen molar-refractivity contribution in [3.05, 3.63) is 89.6 Å². The zero-order chi connectivity index (χ0) is 55.0. The average Bonchev–Trinajstić information content (AvgIpc) is 3.83. The van der Waals surface area contributed by atoms with Crippen LogP contribution in [0.25, 0.3) is 26.7 Å². The number of aromatic carboxylic acids is 1. The molecule has 5 aromatic carbocycles. The van der Waals surface area contributed by atoms with Gasteiger partial charge in [-0.3, -0.25) is 13.7 Å². The Morgan fingerprint density at radius 3 is 1.91 bits per heavy atom. The molecule has 30 nitrogen and oxygen atoms in total. The fraction of sp³-hybridized carbons (Fsp3) is 0.132. The van der Waals surface area contributed by atoms with Crippen LogP contribution in [0.2, 0.25) is 0 Å². The Morgan fingerprint density at radius 2 is 1.30 bits per heavy atom. The highest BCUT2D eigenvalue weighted by atomic mass is 32.2. The van der Waals surface area contributed by atoms with Crippen LogP contribution >= 0.6 is 11.3 Å². The molecular formula is C38H31N9O21S6. The number of phenolic OH excluding ortho intramolecular Hbond substituents is 1. The van der Waals surface area contributed by atoms with Crippen molar-refractivity contribution in [3.63, 3.8) is 0 Å². The van der Waals surface area contributed by atoms with E-state index in [-0.39, 0.29) is 46.6 Å². The minimum Gasteiger partial charge on any atom is -0.505 e. The minimum absolute atomic E-state index is 0.0575. The van der Waals surface area contributed by atoms with Crippen molar-refractivity contribution in [2.45, 2.75) is 30.1 Å². The molecule has 0 spiro atoms. The number of aryl methyl sites for hydroxylation is 2. The molecule has 0 saturated carbocycles. The lowest BCUT2D eigenvalue weighted by molar-refractivity contribution is 0.0693. The van der Waals surface area contributed by atoms with E-state index in [1.807, 2.05) is 24.3 Å². The van der Waals surface area contributed by atoms with Crippen LogP contribution in [0.5, 0.6) is 23.1 Å². The topological polar surface area (TPSA) is 478 Å². The van der Waals surface area contributed by atoms with Gasteiger partial charge in [0.15, 0.2) is 17.2 Å². The van der Waals surface area contributed by atoms with E-state index in [0.29, 0.717) is 33.2 Å². The first-order valence-corrected chi connectivity index (χ1v) is 26.8. The Balaban J connectivity index is 0.00000118. The van der Waals surface area contributed by atoms with E-state index in [2.05, 4.69) is 40.8 Å². The fourth-order valence-electron chi connectivity index (χ4n) is 6.23. The first-order chi connectivity index (χ1) is 34.5. The third-order valence-corrected chi connectivity index (χ3v) is 12.8. The number of aromatic nitrogens is 3. The molecule has 7 rings (SSSR count). The molecule has 7 aromatic rings. The van der Waals surface area contributed by atoms with Gasteiger partial charge in [-0.2, -0.15) is 35.0 Å². The van der Waals surface area contributed by atoms with E-state index in [4.69, 9.17) is 30.0 Å². The number of carboxylic acids is 1. The molecular weight excluding hydrogens is 1110 g/mol. The number of thiazole rings is 1. The Morgan fingerprint density at radius 1 is 0.703 bits per heavy atom. The second kappa shape index (κ2) is 23.2. The summed E-state index contributed by atoms with van der Waals surface area (Å²) < 4.78 is 159. The maximum Gasteiger partial charge on any atom is 0.425 e. The average molecular weight is 1140 g/mol. The molecule has 0 aliphatic rings. The van der Waals surface area contributed by atoms with Gasteiger partial charge in [0.05, 0.1) is 38.9 Å². The SMILES string of the molecule is Cc1cc(N=Nc2ccc3c(S(=O)(=O)O)c(N=Nc4c(C)nn(-c5cc(S(=O)(=O)O)cc(C(=O)O)c5O)c4O)ccc3c2O)c(OCCCS(=O)(=O)O)cc1N=Nc1nc2ccccc2s1.O=S(=O)=O.O=S(=O)=O. The van der Waals surface area contributed by atoms with E-state index >= 15 is 0 Å². The lowest BCUT2D eigenvalue weighted by atomic mass is 10.1. The first-order valence-electron chi connectivity index (χ1n) is 19.5. The highest BCUT2D eigenvalue weighted by Crippen LogP contribution is 2.44. The summed E-state index contributed by atoms with van der Waals surface area (Å²) in [6.07, 6.45) is -0.104. The molecule has 7 N–H and O–H groups in total. The van der Waals surface area contributed by atoms with Gasteiger partial charge in [0, 0.05) is 16.8 Å². The van der Waals surface area contributed by atoms with Gasteiger partial charge in [0.25, 0.3) is 30.4 Å². The summed E-state index contributed by atoms with van der Waals surface area (Å²) in [6, 6.07) is 16.1. The summed E-state index contributed by atoms with van der Waals surface area (Å²) in [5, 5.41) is 70.9. The lowest BCUT2D eigenvalue weighted by Gasteiger charge is -2.11. The number of carboxylic acid groups (broad SMARTS) is 1. The predicted octanol–water partition coefficient (Wildman–Crippen LogP) is 6.46. The minimum atomic E-state index is -5.17. The van der Waals surface area contributed by atoms with Gasteiger partial charge in [-0.1, -0.05) is 29.5 Å². The summed E-state index contributed by atoms with van der Waals surface area (Å²) >= 11 is 1.31. The summed E-state index contributed by atoms with van der Waals surface area (Å²) in [4.78, 5) is 14.3. The fourth-order valence-corrected chi connectivity index (χ4v) is 8.85. The van der Waals surface area contributed by atoms with E-state index in [1.54, 1.807) is 6.92 Å². The standard InChI is InChI=1S/C38H31N9O15S4.2O3S/c1-18-14-28(30(62-12-5-13-64(53,54)55)17-27(18)42-45-38-39-24-6-3-4-7-31(24)63-38)43-40-25-10-9-22-21(33(25)48)8-11-26(35(22)66(59,60)61)41-44-32-19(2)46-47(36(32)50)29-16-20(65(56,57)58)15-23(34(29)49)37(51)52;2*1-4(2)3/h3-4,6-11,14-17,48-50H,5,12-13H2,1-2H3,(H,51,52)(H,53,54,55)(H,56,57,58)(H,59,60,61);;.